The van der Waals surface area contributed by atoms with Crippen molar-refractivity contribution in [2.45, 2.75) is 6.54 Å². The molecule has 1 rings (SSSR count). The number of likely N-dealkylation sites (N-methyl/N-ethyl adjacent to an activating group) is 1. The number of carbonyl (C=O) groups excluding carboxylic acids is 1. The Morgan fingerprint density at radius 2 is 2.14 bits per heavy atom. The van der Waals surface area contributed by atoms with E-state index in [-0.39, 0.29) is 36.4 Å². The summed E-state index contributed by atoms with van der Waals surface area (Å²) in [6, 6.07) is 5.68. The number of guanidine groups is 1. The number of carbonyl (C=O) groups is 1. The number of nitrogens with zero attached hydrogens (tertiary/aromatic N) is 3. The highest BCUT2D eigenvalue weighted by atomic mass is 127. The number of amides is 1. The first-order chi connectivity index (χ1) is 10.1. The van der Waals surface area contributed by atoms with E-state index in [0.717, 1.165) is 5.69 Å². The van der Waals surface area contributed by atoms with Crippen LogP contribution in [0.5, 0.6) is 0 Å². The average molecular weight is 421 g/mol. The first-order valence-corrected chi connectivity index (χ1v) is 6.74. The van der Waals surface area contributed by atoms with Crippen LogP contribution in [0.2, 0.25) is 0 Å². The fourth-order valence-electron chi connectivity index (χ4n) is 1.41. The zero-order chi connectivity index (χ0) is 15.5. The van der Waals surface area contributed by atoms with Gasteiger partial charge in [0.1, 0.15) is 0 Å². The Labute approximate surface area is 148 Å². The molecule has 0 saturated carbocycles. The lowest BCUT2D eigenvalue weighted by atomic mass is 10.3. The minimum absolute atomic E-state index is 0. The van der Waals surface area contributed by atoms with Crippen molar-refractivity contribution in [2.24, 2.45) is 4.99 Å². The lowest BCUT2D eigenvalue weighted by Crippen LogP contribution is -2.43. The van der Waals surface area contributed by atoms with Gasteiger partial charge in [0.25, 0.3) is 0 Å². The van der Waals surface area contributed by atoms with E-state index in [2.05, 4.69) is 20.6 Å². The van der Waals surface area contributed by atoms with E-state index in [9.17, 15) is 4.79 Å². The number of pyridine rings is 1. The molecule has 0 aliphatic heterocycles. The van der Waals surface area contributed by atoms with Crippen molar-refractivity contribution in [1.29, 1.82) is 0 Å². The molecule has 0 bridgehead atoms. The van der Waals surface area contributed by atoms with Crippen molar-refractivity contribution in [3.05, 3.63) is 30.1 Å². The van der Waals surface area contributed by atoms with Crippen LogP contribution in [0, 0.1) is 0 Å². The summed E-state index contributed by atoms with van der Waals surface area (Å²) in [5, 5.41) is 6.09. The van der Waals surface area contributed by atoms with Crippen molar-refractivity contribution in [1.82, 2.24) is 20.5 Å². The summed E-state index contributed by atoms with van der Waals surface area (Å²) >= 11 is 0. The summed E-state index contributed by atoms with van der Waals surface area (Å²) in [4.78, 5) is 21.7. The first-order valence-electron chi connectivity index (χ1n) is 6.74. The molecule has 0 fully saturated rings. The van der Waals surface area contributed by atoms with Gasteiger partial charge in [-0.25, -0.2) is 4.99 Å². The molecule has 2 N–H and O–H groups in total. The number of ether oxygens (including phenoxy) is 1. The van der Waals surface area contributed by atoms with Crippen molar-refractivity contribution < 1.29 is 9.53 Å². The summed E-state index contributed by atoms with van der Waals surface area (Å²) in [5.41, 5.74) is 0.865. The summed E-state index contributed by atoms with van der Waals surface area (Å²) in [6.07, 6.45) is 1.73. The lowest BCUT2D eigenvalue weighted by Gasteiger charge is -2.14. The van der Waals surface area contributed by atoms with Gasteiger partial charge in [-0.15, -0.1) is 24.0 Å². The average Bonchev–Trinajstić information content (AvgIpc) is 2.50. The number of nitrogens with one attached hydrogen (secondary N) is 2. The van der Waals surface area contributed by atoms with E-state index in [1.54, 1.807) is 27.4 Å². The normalized spacial score (nSPS) is 10.6. The molecule has 8 heteroatoms. The largest absolute Gasteiger partial charge is 0.383 e. The van der Waals surface area contributed by atoms with E-state index in [4.69, 9.17) is 4.74 Å². The first kappa shape index (κ1) is 20.6. The van der Waals surface area contributed by atoms with Crippen molar-refractivity contribution in [2.75, 3.05) is 40.9 Å². The Kier molecular flexibility index (Phi) is 11.4. The van der Waals surface area contributed by atoms with E-state index in [1.807, 2.05) is 18.2 Å². The molecule has 0 saturated heterocycles. The number of methoxy groups -OCH3 is 1. The van der Waals surface area contributed by atoms with E-state index in [1.165, 1.54) is 4.90 Å². The fraction of sp³-hybridized carbons (Fsp3) is 0.500. The van der Waals surface area contributed by atoms with Crippen LogP contribution in [-0.2, 0) is 16.1 Å². The molecule has 0 aromatic carbocycles. The molecule has 124 valence electrons. The Hall–Kier alpha value is -1.42. The second kappa shape index (κ2) is 12.2. The van der Waals surface area contributed by atoms with E-state index < -0.39 is 0 Å². The third-order valence-electron chi connectivity index (χ3n) is 2.63. The number of aliphatic imine (C=N–C) groups is 1. The van der Waals surface area contributed by atoms with Gasteiger partial charge in [0, 0.05) is 33.9 Å². The molecule has 7 nitrogen and oxygen atoms in total. The van der Waals surface area contributed by atoms with Crippen molar-refractivity contribution in [3.8, 4) is 0 Å². The van der Waals surface area contributed by atoms with Crippen LogP contribution < -0.4 is 10.6 Å². The highest BCUT2D eigenvalue weighted by molar-refractivity contribution is 14.0. The molecule has 0 unspecified atom stereocenters. The quantitative estimate of drug-likeness (QED) is 0.290. The SMILES string of the molecule is COCCNC(=NCc1ccccn1)NCC(=O)N(C)C.I. The molecule has 1 amide bonds. The van der Waals surface area contributed by atoms with Gasteiger partial charge < -0.3 is 20.3 Å². The van der Waals surface area contributed by atoms with E-state index >= 15 is 0 Å². The maximum absolute atomic E-state index is 11.6. The van der Waals surface area contributed by atoms with Crippen LogP contribution in [0.1, 0.15) is 5.69 Å². The Bertz CT molecular complexity index is 454. The summed E-state index contributed by atoms with van der Waals surface area (Å²) in [6.45, 7) is 1.81. The highest BCUT2D eigenvalue weighted by Crippen LogP contribution is 1.95. The number of halogens is 1. The smallest absolute Gasteiger partial charge is 0.241 e. The second-order valence-corrected chi connectivity index (χ2v) is 4.55. The Morgan fingerprint density at radius 3 is 2.73 bits per heavy atom. The lowest BCUT2D eigenvalue weighted by molar-refractivity contribution is -0.127. The molecule has 0 radical (unpaired) electrons. The maximum Gasteiger partial charge on any atom is 0.241 e. The summed E-state index contributed by atoms with van der Waals surface area (Å²) < 4.78 is 4.99. The van der Waals surface area contributed by atoms with Crippen LogP contribution in [0.25, 0.3) is 0 Å². The van der Waals surface area contributed by atoms with Crippen LogP contribution in [0.3, 0.4) is 0 Å². The molecule has 1 aromatic heterocycles. The maximum atomic E-state index is 11.6. The van der Waals surface area contributed by atoms with Crippen LogP contribution in [0.15, 0.2) is 29.4 Å². The Balaban J connectivity index is 0.00000441. The van der Waals surface area contributed by atoms with Crippen LogP contribution in [-0.4, -0.2) is 62.7 Å². The van der Waals surface area contributed by atoms with Gasteiger partial charge in [-0.3, -0.25) is 9.78 Å². The van der Waals surface area contributed by atoms with Gasteiger partial charge in [-0.2, -0.15) is 0 Å². The summed E-state index contributed by atoms with van der Waals surface area (Å²) in [5.74, 6) is 0.544. The Morgan fingerprint density at radius 1 is 1.36 bits per heavy atom. The van der Waals surface area contributed by atoms with Crippen LogP contribution in [0.4, 0.5) is 0 Å². The number of hydrogen-bond acceptors (Lipinski definition) is 4. The van der Waals surface area contributed by atoms with Gasteiger partial charge in [0.05, 0.1) is 25.4 Å². The monoisotopic (exact) mass is 421 g/mol. The number of aromatic nitrogens is 1. The molecule has 0 aliphatic rings. The fourth-order valence-corrected chi connectivity index (χ4v) is 1.41. The molecule has 0 spiro atoms. The van der Waals surface area contributed by atoms with Crippen LogP contribution >= 0.6 is 24.0 Å². The van der Waals surface area contributed by atoms with Gasteiger partial charge >= 0.3 is 0 Å². The van der Waals surface area contributed by atoms with Gasteiger partial charge in [0.15, 0.2) is 5.96 Å². The highest BCUT2D eigenvalue weighted by Gasteiger charge is 2.05. The number of hydrogen-bond donors (Lipinski definition) is 2. The predicted octanol–water partition coefficient (Wildman–Crippen LogP) is 0.469. The predicted molar refractivity (Wildman–Crippen MR) is 97.4 cm³/mol. The molecular formula is C14H24IN5O2. The molecule has 0 atom stereocenters. The number of rotatable bonds is 7. The minimum atomic E-state index is -0.0194. The standard InChI is InChI=1S/C14H23N5O2.HI/c1-19(2)13(20)11-18-14(16-8-9-21-3)17-10-12-6-4-5-7-15-12;/h4-7H,8-11H2,1-3H3,(H2,16,17,18);1H. The van der Waals surface area contributed by atoms with E-state index in [0.29, 0.717) is 25.7 Å². The zero-order valence-electron chi connectivity index (χ0n) is 13.2. The molecule has 1 aromatic rings. The minimum Gasteiger partial charge on any atom is -0.383 e. The van der Waals surface area contributed by atoms with Gasteiger partial charge in [0.2, 0.25) is 5.91 Å². The van der Waals surface area contributed by atoms with Crippen molar-refractivity contribution in [3.63, 3.8) is 0 Å². The van der Waals surface area contributed by atoms with Gasteiger partial charge in [-0.05, 0) is 12.1 Å². The molecule has 22 heavy (non-hydrogen) atoms. The third-order valence-corrected chi connectivity index (χ3v) is 2.63. The third kappa shape index (κ3) is 8.78. The molecule has 1 heterocycles. The zero-order valence-corrected chi connectivity index (χ0v) is 15.5. The molecule has 0 aliphatic carbocycles. The van der Waals surface area contributed by atoms with Gasteiger partial charge in [-0.1, -0.05) is 6.07 Å². The molecular weight excluding hydrogens is 397 g/mol. The second-order valence-electron chi connectivity index (χ2n) is 4.55. The summed E-state index contributed by atoms with van der Waals surface area (Å²) in [7, 11) is 5.07. The van der Waals surface area contributed by atoms with Crippen molar-refractivity contribution >= 4 is 35.8 Å². The topological polar surface area (TPSA) is 78.8 Å².